The molecule has 1 aromatic rings. The maximum absolute atomic E-state index is 12.0. The van der Waals surface area contributed by atoms with E-state index in [4.69, 9.17) is 9.47 Å². The quantitative estimate of drug-likeness (QED) is 0.825. The molecular weight excluding hydrogens is 322 g/mol. The van der Waals surface area contributed by atoms with Gasteiger partial charge in [-0.25, -0.2) is 4.79 Å². The number of ether oxygens (including phenoxy) is 2. The maximum Gasteiger partial charge on any atom is 0.412 e. The SMILES string of the molecule is Cc1c(Br)c2c(c(C)c1NC(=O)OC(C)(C)C)CCO2. The second kappa shape index (κ2) is 5.28. The molecule has 110 valence electrons. The summed E-state index contributed by atoms with van der Waals surface area (Å²) < 4.78 is 11.9. The Morgan fingerprint density at radius 3 is 2.55 bits per heavy atom. The largest absolute Gasteiger partial charge is 0.492 e. The highest BCUT2D eigenvalue weighted by Crippen LogP contribution is 2.43. The van der Waals surface area contributed by atoms with Gasteiger partial charge in [0, 0.05) is 12.0 Å². The van der Waals surface area contributed by atoms with E-state index in [1.54, 1.807) is 0 Å². The Morgan fingerprint density at radius 1 is 1.30 bits per heavy atom. The van der Waals surface area contributed by atoms with E-state index in [2.05, 4.69) is 21.2 Å². The van der Waals surface area contributed by atoms with Crippen molar-refractivity contribution >= 4 is 27.7 Å². The number of nitrogens with one attached hydrogen (secondary N) is 1. The molecule has 0 spiro atoms. The molecule has 1 N–H and O–H groups in total. The fourth-order valence-corrected chi connectivity index (χ4v) is 2.87. The topological polar surface area (TPSA) is 47.6 Å². The third kappa shape index (κ3) is 2.92. The highest BCUT2D eigenvalue weighted by molar-refractivity contribution is 9.10. The van der Waals surface area contributed by atoms with Crippen molar-refractivity contribution in [1.29, 1.82) is 0 Å². The first-order valence-electron chi connectivity index (χ1n) is 6.65. The van der Waals surface area contributed by atoms with Crippen molar-refractivity contribution in [2.75, 3.05) is 11.9 Å². The molecule has 0 atom stereocenters. The average molecular weight is 342 g/mol. The highest BCUT2D eigenvalue weighted by atomic mass is 79.9. The molecular formula is C15H20BrNO3. The maximum atomic E-state index is 12.0. The minimum absolute atomic E-state index is 0.436. The summed E-state index contributed by atoms with van der Waals surface area (Å²) >= 11 is 3.55. The van der Waals surface area contributed by atoms with Crippen molar-refractivity contribution in [2.24, 2.45) is 0 Å². The van der Waals surface area contributed by atoms with Gasteiger partial charge in [0.1, 0.15) is 11.4 Å². The van der Waals surface area contributed by atoms with Crippen molar-refractivity contribution in [3.05, 3.63) is 21.2 Å². The second-order valence-corrected chi connectivity index (χ2v) is 6.77. The smallest absolute Gasteiger partial charge is 0.412 e. The predicted molar refractivity (Wildman–Crippen MR) is 82.7 cm³/mol. The Hall–Kier alpha value is -1.23. The minimum Gasteiger partial charge on any atom is -0.492 e. The number of halogens is 1. The van der Waals surface area contributed by atoms with E-state index in [0.29, 0.717) is 6.61 Å². The zero-order valence-electron chi connectivity index (χ0n) is 12.5. The molecule has 1 aliphatic heterocycles. The van der Waals surface area contributed by atoms with Crippen molar-refractivity contribution < 1.29 is 14.3 Å². The van der Waals surface area contributed by atoms with Crippen LogP contribution in [0.2, 0.25) is 0 Å². The average Bonchev–Trinajstić information content (AvgIpc) is 2.79. The van der Waals surface area contributed by atoms with Gasteiger partial charge in [-0.3, -0.25) is 5.32 Å². The fraction of sp³-hybridized carbons (Fsp3) is 0.533. The Bertz CT molecular complexity index is 561. The summed E-state index contributed by atoms with van der Waals surface area (Å²) in [7, 11) is 0. The van der Waals surface area contributed by atoms with E-state index in [0.717, 1.165) is 39.0 Å². The number of hydrogen-bond donors (Lipinski definition) is 1. The molecule has 4 nitrogen and oxygen atoms in total. The summed E-state index contributed by atoms with van der Waals surface area (Å²) in [6.45, 7) is 10.2. The van der Waals surface area contributed by atoms with Gasteiger partial charge in [0.15, 0.2) is 0 Å². The van der Waals surface area contributed by atoms with Crippen molar-refractivity contribution in [1.82, 2.24) is 0 Å². The molecule has 1 aliphatic rings. The number of benzene rings is 1. The van der Waals surface area contributed by atoms with Crippen molar-refractivity contribution in [3.8, 4) is 5.75 Å². The number of amides is 1. The van der Waals surface area contributed by atoms with Gasteiger partial charge in [-0.1, -0.05) is 0 Å². The lowest BCUT2D eigenvalue weighted by molar-refractivity contribution is 0.0635. The summed E-state index contributed by atoms with van der Waals surface area (Å²) in [5, 5.41) is 2.86. The van der Waals surface area contributed by atoms with Gasteiger partial charge >= 0.3 is 6.09 Å². The summed E-state index contributed by atoms with van der Waals surface area (Å²) in [6, 6.07) is 0. The number of fused-ring (bicyclic) bond motifs is 1. The predicted octanol–water partition coefficient (Wildman–Crippen LogP) is 4.35. The number of carbonyl (C=O) groups excluding carboxylic acids is 1. The van der Waals surface area contributed by atoms with Gasteiger partial charge in [0.05, 0.1) is 16.8 Å². The van der Waals surface area contributed by atoms with Crippen molar-refractivity contribution in [3.63, 3.8) is 0 Å². The fourth-order valence-electron chi connectivity index (χ4n) is 2.31. The lowest BCUT2D eigenvalue weighted by atomic mass is 10.0. The summed E-state index contributed by atoms with van der Waals surface area (Å²) in [6.07, 6.45) is 0.428. The standard InChI is InChI=1S/C15H20BrNO3/c1-8-10-6-7-19-13(10)11(16)9(2)12(8)17-14(18)20-15(3,4)5/h6-7H2,1-5H3,(H,17,18). The molecule has 5 heteroatoms. The zero-order valence-corrected chi connectivity index (χ0v) is 14.1. The van der Waals surface area contributed by atoms with Crippen LogP contribution < -0.4 is 10.1 Å². The summed E-state index contributed by atoms with van der Waals surface area (Å²) in [5.41, 5.74) is 3.44. The van der Waals surface area contributed by atoms with Gasteiger partial charge in [0.25, 0.3) is 0 Å². The summed E-state index contributed by atoms with van der Waals surface area (Å²) in [4.78, 5) is 12.0. The summed E-state index contributed by atoms with van der Waals surface area (Å²) in [5.74, 6) is 0.898. The minimum atomic E-state index is -0.511. The van der Waals surface area contributed by atoms with Crippen molar-refractivity contribution in [2.45, 2.75) is 46.6 Å². The Morgan fingerprint density at radius 2 is 1.95 bits per heavy atom. The van der Waals surface area contributed by atoms with Crippen LogP contribution in [0.15, 0.2) is 4.47 Å². The molecule has 0 bridgehead atoms. The van der Waals surface area contributed by atoms with E-state index >= 15 is 0 Å². The van der Waals surface area contributed by atoms with Crippen LogP contribution in [0, 0.1) is 13.8 Å². The van der Waals surface area contributed by atoms with Crippen LogP contribution in [-0.4, -0.2) is 18.3 Å². The third-order valence-electron chi connectivity index (χ3n) is 3.23. The highest BCUT2D eigenvalue weighted by Gasteiger charge is 2.25. The first-order chi connectivity index (χ1) is 9.20. The van der Waals surface area contributed by atoms with E-state index in [1.165, 1.54) is 0 Å². The molecule has 0 aliphatic carbocycles. The Balaban J connectivity index is 2.34. The first kappa shape index (κ1) is 15.2. The number of rotatable bonds is 1. The van der Waals surface area contributed by atoms with Gasteiger partial charge in [-0.15, -0.1) is 0 Å². The van der Waals surface area contributed by atoms with Crippen LogP contribution in [0.4, 0.5) is 10.5 Å². The molecule has 0 fully saturated rings. The van der Waals surface area contributed by atoms with Crippen LogP contribution in [0.3, 0.4) is 0 Å². The molecule has 0 saturated heterocycles. The van der Waals surface area contributed by atoms with E-state index < -0.39 is 11.7 Å². The van der Waals surface area contributed by atoms with Crippen LogP contribution >= 0.6 is 15.9 Å². The lowest BCUT2D eigenvalue weighted by Gasteiger charge is -2.22. The zero-order chi connectivity index (χ0) is 15.1. The van der Waals surface area contributed by atoms with Gasteiger partial charge < -0.3 is 9.47 Å². The van der Waals surface area contributed by atoms with Crippen LogP contribution in [0.1, 0.15) is 37.5 Å². The molecule has 0 aromatic heterocycles. The monoisotopic (exact) mass is 341 g/mol. The molecule has 1 heterocycles. The molecule has 0 saturated carbocycles. The van der Waals surface area contributed by atoms with Gasteiger partial charge in [-0.05, 0) is 61.7 Å². The van der Waals surface area contributed by atoms with Crippen LogP contribution in [-0.2, 0) is 11.2 Å². The molecule has 2 rings (SSSR count). The first-order valence-corrected chi connectivity index (χ1v) is 7.44. The van der Waals surface area contributed by atoms with E-state index in [-0.39, 0.29) is 0 Å². The van der Waals surface area contributed by atoms with E-state index in [9.17, 15) is 4.79 Å². The van der Waals surface area contributed by atoms with Gasteiger partial charge in [-0.2, -0.15) is 0 Å². The number of carbonyl (C=O) groups is 1. The normalized spacial score (nSPS) is 13.7. The molecule has 20 heavy (non-hydrogen) atoms. The Labute approximate surface area is 128 Å². The third-order valence-corrected chi connectivity index (χ3v) is 4.18. The van der Waals surface area contributed by atoms with Crippen LogP contribution in [0.25, 0.3) is 0 Å². The molecule has 0 unspecified atom stereocenters. The number of hydrogen-bond acceptors (Lipinski definition) is 3. The molecule has 1 amide bonds. The lowest BCUT2D eigenvalue weighted by Crippen LogP contribution is -2.27. The second-order valence-electron chi connectivity index (χ2n) is 5.97. The molecule has 0 radical (unpaired) electrons. The van der Waals surface area contributed by atoms with Crippen LogP contribution in [0.5, 0.6) is 5.75 Å². The molecule has 1 aromatic carbocycles. The van der Waals surface area contributed by atoms with Gasteiger partial charge in [0.2, 0.25) is 0 Å². The number of anilines is 1. The van der Waals surface area contributed by atoms with E-state index in [1.807, 2.05) is 34.6 Å². The Kier molecular flexibility index (Phi) is 4.00.